The van der Waals surface area contributed by atoms with Gasteiger partial charge in [-0.15, -0.1) is 24.0 Å². The summed E-state index contributed by atoms with van der Waals surface area (Å²) in [6.45, 7) is 7.70. The van der Waals surface area contributed by atoms with Crippen molar-refractivity contribution in [2.24, 2.45) is 4.99 Å². The molecule has 1 unspecified atom stereocenters. The summed E-state index contributed by atoms with van der Waals surface area (Å²) < 4.78 is 6.14. The Labute approximate surface area is 191 Å². The zero-order valence-electron chi connectivity index (χ0n) is 17.9. The molecule has 0 amide bonds. The molecule has 0 bridgehead atoms. The molecule has 0 saturated carbocycles. The Morgan fingerprint density at radius 3 is 2.66 bits per heavy atom. The second kappa shape index (κ2) is 10.1. The standard InChI is InChI=1S/C22H31N5O.HI/c1-6-23-21(25-15-16-11-12-20(24-14-16)27(4)5)26-18-13-22(2,3)28-19-10-8-7-9-17(18)19;/h7-12,14,18H,6,13,15H2,1-5H3,(H2,23,25,26);1H. The van der Waals surface area contributed by atoms with Crippen molar-refractivity contribution in [1.82, 2.24) is 15.6 Å². The first kappa shape index (κ1) is 23.3. The third-order valence-electron chi connectivity index (χ3n) is 4.72. The van der Waals surface area contributed by atoms with Crippen molar-refractivity contribution in [1.29, 1.82) is 0 Å². The lowest BCUT2D eigenvalue weighted by molar-refractivity contribution is 0.0694. The summed E-state index contributed by atoms with van der Waals surface area (Å²) in [6.07, 6.45) is 2.75. The summed E-state index contributed by atoms with van der Waals surface area (Å²) in [7, 11) is 3.97. The van der Waals surface area contributed by atoms with Crippen LogP contribution in [0.3, 0.4) is 0 Å². The highest BCUT2D eigenvalue weighted by Gasteiger charge is 2.33. The van der Waals surface area contributed by atoms with E-state index in [0.29, 0.717) is 6.54 Å². The molecule has 0 fully saturated rings. The molecule has 0 spiro atoms. The smallest absolute Gasteiger partial charge is 0.192 e. The summed E-state index contributed by atoms with van der Waals surface area (Å²) in [4.78, 5) is 11.2. The number of hydrogen-bond donors (Lipinski definition) is 2. The van der Waals surface area contributed by atoms with Crippen LogP contribution in [-0.2, 0) is 6.54 Å². The van der Waals surface area contributed by atoms with E-state index in [2.05, 4.69) is 54.6 Å². The summed E-state index contributed by atoms with van der Waals surface area (Å²) in [5.41, 5.74) is 2.02. The number of aromatic nitrogens is 1. The van der Waals surface area contributed by atoms with Gasteiger partial charge in [-0.25, -0.2) is 9.98 Å². The molecule has 2 heterocycles. The summed E-state index contributed by atoms with van der Waals surface area (Å²) in [5, 5.41) is 6.96. The third-order valence-corrected chi connectivity index (χ3v) is 4.72. The first-order valence-electron chi connectivity index (χ1n) is 9.83. The van der Waals surface area contributed by atoms with Crippen LogP contribution in [-0.4, -0.2) is 37.2 Å². The van der Waals surface area contributed by atoms with Gasteiger partial charge in [0.25, 0.3) is 0 Å². The number of ether oxygens (including phenoxy) is 1. The summed E-state index contributed by atoms with van der Waals surface area (Å²) in [5.74, 6) is 2.69. The third kappa shape index (κ3) is 6.22. The predicted molar refractivity (Wildman–Crippen MR) is 130 cm³/mol. The number of para-hydroxylation sites is 1. The van der Waals surface area contributed by atoms with Crippen molar-refractivity contribution in [2.75, 3.05) is 25.5 Å². The second-order valence-electron chi connectivity index (χ2n) is 7.91. The molecule has 0 radical (unpaired) electrons. The SMILES string of the molecule is CCNC(=NCc1ccc(N(C)C)nc1)NC1CC(C)(C)Oc2ccccc21.I. The van der Waals surface area contributed by atoms with E-state index in [-0.39, 0.29) is 35.6 Å². The Balaban J connectivity index is 0.00000300. The molecule has 29 heavy (non-hydrogen) atoms. The molecule has 1 aromatic heterocycles. The highest BCUT2D eigenvalue weighted by molar-refractivity contribution is 14.0. The number of hydrogen-bond acceptors (Lipinski definition) is 4. The van der Waals surface area contributed by atoms with Gasteiger partial charge in [-0.3, -0.25) is 0 Å². The van der Waals surface area contributed by atoms with E-state index in [1.54, 1.807) is 0 Å². The van der Waals surface area contributed by atoms with Crippen molar-refractivity contribution in [2.45, 2.75) is 45.4 Å². The molecule has 3 rings (SSSR count). The number of aliphatic imine (C=N–C) groups is 1. The zero-order chi connectivity index (χ0) is 20.1. The van der Waals surface area contributed by atoms with Gasteiger partial charge in [0.05, 0.1) is 12.6 Å². The number of nitrogens with zero attached hydrogens (tertiary/aromatic N) is 3. The summed E-state index contributed by atoms with van der Waals surface area (Å²) >= 11 is 0. The van der Waals surface area contributed by atoms with E-state index in [1.165, 1.54) is 5.56 Å². The largest absolute Gasteiger partial charge is 0.487 e. The maximum absolute atomic E-state index is 6.14. The quantitative estimate of drug-likeness (QED) is 0.361. The minimum atomic E-state index is -0.227. The average Bonchev–Trinajstić information content (AvgIpc) is 2.65. The molecule has 1 aromatic carbocycles. The van der Waals surface area contributed by atoms with Crippen LogP contribution in [0.15, 0.2) is 47.6 Å². The van der Waals surface area contributed by atoms with Crippen LogP contribution in [0.4, 0.5) is 5.82 Å². The van der Waals surface area contributed by atoms with Gasteiger partial charge in [0, 0.05) is 38.8 Å². The van der Waals surface area contributed by atoms with Crippen LogP contribution in [0.25, 0.3) is 0 Å². The highest BCUT2D eigenvalue weighted by atomic mass is 127. The fourth-order valence-corrected chi connectivity index (χ4v) is 3.36. The number of fused-ring (bicyclic) bond motifs is 1. The van der Waals surface area contributed by atoms with Crippen molar-refractivity contribution >= 4 is 35.8 Å². The number of nitrogens with one attached hydrogen (secondary N) is 2. The Hall–Kier alpha value is -2.03. The minimum absolute atomic E-state index is 0. The van der Waals surface area contributed by atoms with Crippen LogP contribution in [0, 0.1) is 0 Å². The molecular weight excluding hydrogens is 477 g/mol. The normalized spacial score (nSPS) is 17.4. The molecule has 0 saturated heterocycles. The Morgan fingerprint density at radius 2 is 2.00 bits per heavy atom. The fraction of sp³-hybridized carbons (Fsp3) is 0.455. The van der Waals surface area contributed by atoms with Crippen molar-refractivity contribution < 1.29 is 4.74 Å². The first-order chi connectivity index (χ1) is 13.4. The van der Waals surface area contributed by atoms with Crippen LogP contribution < -0.4 is 20.3 Å². The van der Waals surface area contributed by atoms with Gasteiger partial charge in [0.15, 0.2) is 5.96 Å². The molecule has 6 nitrogen and oxygen atoms in total. The van der Waals surface area contributed by atoms with E-state index in [9.17, 15) is 0 Å². The maximum atomic E-state index is 6.14. The number of benzene rings is 1. The molecular formula is C22H32IN5O. The molecule has 2 aromatic rings. The monoisotopic (exact) mass is 509 g/mol. The van der Waals surface area contributed by atoms with Gasteiger partial charge < -0.3 is 20.3 Å². The number of halogens is 1. The predicted octanol–water partition coefficient (Wildman–Crippen LogP) is 4.12. The molecule has 1 atom stereocenters. The van der Waals surface area contributed by atoms with Gasteiger partial charge in [-0.05, 0) is 38.5 Å². The Morgan fingerprint density at radius 1 is 1.24 bits per heavy atom. The van der Waals surface area contributed by atoms with Crippen LogP contribution in [0.5, 0.6) is 5.75 Å². The zero-order valence-corrected chi connectivity index (χ0v) is 20.2. The number of anilines is 1. The molecule has 158 valence electrons. The van der Waals surface area contributed by atoms with Crippen LogP contribution in [0.2, 0.25) is 0 Å². The van der Waals surface area contributed by atoms with Crippen molar-refractivity contribution in [3.63, 3.8) is 0 Å². The van der Waals surface area contributed by atoms with Crippen LogP contribution >= 0.6 is 24.0 Å². The van der Waals surface area contributed by atoms with E-state index in [1.807, 2.05) is 43.4 Å². The van der Waals surface area contributed by atoms with E-state index in [4.69, 9.17) is 9.73 Å². The average molecular weight is 509 g/mol. The minimum Gasteiger partial charge on any atom is -0.487 e. The Bertz CT molecular complexity index is 820. The van der Waals surface area contributed by atoms with Gasteiger partial charge in [0.2, 0.25) is 0 Å². The van der Waals surface area contributed by atoms with Gasteiger partial charge in [0.1, 0.15) is 17.2 Å². The molecule has 1 aliphatic rings. The molecule has 1 aliphatic heterocycles. The molecule has 0 aliphatic carbocycles. The van der Waals surface area contributed by atoms with E-state index >= 15 is 0 Å². The van der Waals surface area contributed by atoms with Crippen molar-refractivity contribution in [3.05, 3.63) is 53.7 Å². The summed E-state index contributed by atoms with van der Waals surface area (Å²) in [6, 6.07) is 12.5. The van der Waals surface area contributed by atoms with Crippen molar-refractivity contribution in [3.8, 4) is 5.75 Å². The second-order valence-corrected chi connectivity index (χ2v) is 7.91. The lowest BCUT2D eigenvalue weighted by atomic mass is 9.90. The lowest BCUT2D eigenvalue weighted by Crippen LogP contribution is -2.45. The highest BCUT2D eigenvalue weighted by Crippen LogP contribution is 2.39. The number of pyridine rings is 1. The van der Waals surface area contributed by atoms with Gasteiger partial charge in [-0.1, -0.05) is 24.3 Å². The maximum Gasteiger partial charge on any atom is 0.192 e. The van der Waals surface area contributed by atoms with E-state index in [0.717, 1.165) is 36.1 Å². The molecule has 2 N–H and O–H groups in total. The lowest BCUT2D eigenvalue weighted by Gasteiger charge is -2.38. The first-order valence-corrected chi connectivity index (χ1v) is 9.83. The van der Waals surface area contributed by atoms with Crippen LogP contribution in [0.1, 0.15) is 44.4 Å². The van der Waals surface area contributed by atoms with Gasteiger partial charge >= 0.3 is 0 Å². The molecule has 7 heteroatoms. The number of rotatable bonds is 5. The fourth-order valence-electron chi connectivity index (χ4n) is 3.36. The number of guanidine groups is 1. The van der Waals surface area contributed by atoms with Gasteiger partial charge in [-0.2, -0.15) is 0 Å². The topological polar surface area (TPSA) is 61.8 Å². The van der Waals surface area contributed by atoms with E-state index < -0.39 is 0 Å². The Kier molecular flexibility index (Phi) is 8.13.